The van der Waals surface area contributed by atoms with Gasteiger partial charge in [-0.3, -0.25) is 4.90 Å². The van der Waals surface area contributed by atoms with Crippen LogP contribution in [0.1, 0.15) is 53.4 Å². The Morgan fingerprint density at radius 1 is 1.18 bits per heavy atom. The second kappa shape index (κ2) is 6.72. The Kier molecular flexibility index (Phi) is 5.90. The Balaban J connectivity index is 2.40. The van der Waals surface area contributed by atoms with E-state index < -0.39 is 5.60 Å². The van der Waals surface area contributed by atoms with Crippen molar-refractivity contribution >= 4 is 0 Å². The minimum Gasteiger partial charge on any atom is -0.389 e. The zero-order chi connectivity index (χ0) is 12.9. The highest BCUT2D eigenvalue weighted by Gasteiger charge is 2.27. The van der Waals surface area contributed by atoms with Gasteiger partial charge in [0.2, 0.25) is 0 Å². The lowest BCUT2D eigenvalue weighted by atomic mass is 9.89. The average molecular weight is 242 g/mol. The first-order chi connectivity index (χ1) is 7.96. The first-order valence-corrected chi connectivity index (χ1v) is 7.16. The van der Waals surface area contributed by atoms with E-state index >= 15 is 0 Å². The molecule has 0 aromatic rings. The van der Waals surface area contributed by atoms with E-state index in [2.05, 4.69) is 24.1 Å². The SMILES string of the molecule is CCNC1CCC(N(CC)CC(C)(C)O)CC1. The highest BCUT2D eigenvalue weighted by atomic mass is 16.3. The molecule has 1 aliphatic rings. The van der Waals surface area contributed by atoms with Crippen LogP contribution in [0.15, 0.2) is 0 Å². The summed E-state index contributed by atoms with van der Waals surface area (Å²) >= 11 is 0. The van der Waals surface area contributed by atoms with Crippen molar-refractivity contribution in [2.45, 2.75) is 71.1 Å². The quantitative estimate of drug-likeness (QED) is 0.748. The van der Waals surface area contributed by atoms with Gasteiger partial charge in [-0.15, -0.1) is 0 Å². The summed E-state index contributed by atoms with van der Waals surface area (Å²) in [7, 11) is 0. The number of nitrogens with zero attached hydrogens (tertiary/aromatic N) is 1. The summed E-state index contributed by atoms with van der Waals surface area (Å²) in [5.74, 6) is 0. The summed E-state index contributed by atoms with van der Waals surface area (Å²) in [6.07, 6.45) is 5.09. The van der Waals surface area contributed by atoms with Crippen molar-refractivity contribution in [3.05, 3.63) is 0 Å². The van der Waals surface area contributed by atoms with Crippen molar-refractivity contribution in [3.63, 3.8) is 0 Å². The van der Waals surface area contributed by atoms with Crippen LogP contribution in [-0.2, 0) is 0 Å². The van der Waals surface area contributed by atoms with Gasteiger partial charge in [0.15, 0.2) is 0 Å². The zero-order valence-electron chi connectivity index (χ0n) is 12.0. The molecule has 0 aliphatic heterocycles. The predicted octanol–water partition coefficient (Wildman–Crippen LogP) is 2.00. The van der Waals surface area contributed by atoms with Crippen molar-refractivity contribution < 1.29 is 5.11 Å². The van der Waals surface area contributed by atoms with Crippen molar-refractivity contribution in [2.24, 2.45) is 0 Å². The minimum absolute atomic E-state index is 0.575. The number of rotatable bonds is 6. The van der Waals surface area contributed by atoms with Crippen molar-refractivity contribution in [1.82, 2.24) is 10.2 Å². The summed E-state index contributed by atoms with van der Waals surface area (Å²) in [6.45, 7) is 11.1. The van der Waals surface area contributed by atoms with Gasteiger partial charge in [0.1, 0.15) is 0 Å². The summed E-state index contributed by atoms with van der Waals surface area (Å²) in [6, 6.07) is 1.39. The molecule has 1 aliphatic carbocycles. The van der Waals surface area contributed by atoms with Gasteiger partial charge in [-0.1, -0.05) is 13.8 Å². The molecule has 0 aromatic carbocycles. The topological polar surface area (TPSA) is 35.5 Å². The fraction of sp³-hybridized carbons (Fsp3) is 1.00. The van der Waals surface area contributed by atoms with Crippen molar-refractivity contribution in [3.8, 4) is 0 Å². The number of aliphatic hydroxyl groups is 1. The molecular weight excluding hydrogens is 212 g/mol. The lowest BCUT2D eigenvalue weighted by molar-refractivity contribution is 0.0145. The molecule has 0 radical (unpaired) electrons. The second-order valence-corrected chi connectivity index (χ2v) is 5.94. The van der Waals surface area contributed by atoms with Gasteiger partial charge in [-0.2, -0.15) is 0 Å². The molecule has 0 atom stereocenters. The van der Waals surface area contributed by atoms with Crippen LogP contribution in [0.2, 0.25) is 0 Å². The van der Waals surface area contributed by atoms with Crippen LogP contribution in [0.3, 0.4) is 0 Å². The van der Waals surface area contributed by atoms with Gasteiger partial charge < -0.3 is 10.4 Å². The molecule has 1 fully saturated rings. The van der Waals surface area contributed by atoms with Gasteiger partial charge in [0.25, 0.3) is 0 Å². The molecule has 0 spiro atoms. The van der Waals surface area contributed by atoms with Crippen LogP contribution in [0.25, 0.3) is 0 Å². The van der Waals surface area contributed by atoms with Crippen LogP contribution in [0.5, 0.6) is 0 Å². The van der Waals surface area contributed by atoms with Crippen molar-refractivity contribution in [2.75, 3.05) is 19.6 Å². The first-order valence-electron chi connectivity index (χ1n) is 7.16. The number of hydrogen-bond acceptors (Lipinski definition) is 3. The number of likely N-dealkylation sites (N-methyl/N-ethyl adjacent to an activating group) is 1. The maximum absolute atomic E-state index is 9.93. The molecule has 0 bridgehead atoms. The monoisotopic (exact) mass is 242 g/mol. The first kappa shape index (κ1) is 14.9. The van der Waals surface area contributed by atoms with Gasteiger partial charge in [0, 0.05) is 18.6 Å². The van der Waals surface area contributed by atoms with E-state index in [4.69, 9.17) is 0 Å². The molecule has 0 heterocycles. The molecule has 3 heteroatoms. The van der Waals surface area contributed by atoms with Crippen LogP contribution in [-0.4, -0.2) is 47.3 Å². The molecule has 102 valence electrons. The van der Waals surface area contributed by atoms with Gasteiger partial charge in [0.05, 0.1) is 5.60 Å². The minimum atomic E-state index is -0.575. The highest BCUT2D eigenvalue weighted by Crippen LogP contribution is 2.24. The normalized spacial score (nSPS) is 26.5. The van der Waals surface area contributed by atoms with E-state index in [0.29, 0.717) is 6.04 Å². The van der Waals surface area contributed by atoms with Gasteiger partial charge in [-0.25, -0.2) is 0 Å². The van der Waals surface area contributed by atoms with E-state index in [1.807, 2.05) is 13.8 Å². The Hall–Kier alpha value is -0.120. The molecule has 17 heavy (non-hydrogen) atoms. The molecule has 1 saturated carbocycles. The fourth-order valence-electron chi connectivity index (χ4n) is 2.93. The Bertz CT molecular complexity index is 205. The standard InChI is InChI=1S/C14H30N2O/c1-5-15-12-7-9-13(10-8-12)16(6-2)11-14(3,4)17/h12-13,15,17H,5-11H2,1-4H3. The van der Waals surface area contributed by atoms with Crippen molar-refractivity contribution in [1.29, 1.82) is 0 Å². The van der Waals surface area contributed by atoms with E-state index in [1.165, 1.54) is 25.7 Å². The summed E-state index contributed by atoms with van der Waals surface area (Å²) in [5.41, 5.74) is -0.575. The third-order valence-corrected chi connectivity index (χ3v) is 3.70. The van der Waals surface area contributed by atoms with E-state index in [1.54, 1.807) is 0 Å². The second-order valence-electron chi connectivity index (χ2n) is 5.94. The average Bonchev–Trinajstić information content (AvgIpc) is 2.26. The van der Waals surface area contributed by atoms with Crippen LogP contribution in [0.4, 0.5) is 0 Å². The molecule has 0 unspecified atom stereocenters. The molecule has 1 rings (SSSR count). The van der Waals surface area contributed by atoms with Gasteiger partial charge in [-0.05, 0) is 52.6 Å². The highest BCUT2D eigenvalue weighted by molar-refractivity contribution is 4.84. The van der Waals surface area contributed by atoms with Crippen LogP contribution >= 0.6 is 0 Å². The Morgan fingerprint density at radius 2 is 1.76 bits per heavy atom. The van der Waals surface area contributed by atoms with E-state index in [9.17, 15) is 5.11 Å². The summed E-state index contributed by atoms with van der Waals surface area (Å²) in [5, 5.41) is 13.5. The van der Waals surface area contributed by atoms with Crippen LogP contribution in [0, 0.1) is 0 Å². The maximum Gasteiger partial charge on any atom is 0.0718 e. The molecule has 0 aromatic heterocycles. The zero-order valence-corrected chi connectivity index (χ0v) is 12.0. The summed E-state index contributed by atoms with van der Waals surface area (Å²) in [4.78, 5) is 2.45. The third kappa shape index (κ3) is 5.36. The fourth-order valence-corrected chi connectivity index (χ4v) is 2.93. The predicted molar refractivity (Wildman–Crippen MR) is 73.3 cm³/mol. The maximum atomic E-state index is 9.93. The van der Waals surface area contributed by atoms with E-state index in [0.717, 1.165) is 25.7 Å². The summed E-state index contributed by atoms with van der Waals surface area (Å²) < 4.78 is 0. The molecular formula is C14H30N2O. The smallest absolute Gasteiger partial charge is 0.0718 e. The van der Waals surface area contributed by atoms with E-state index in [-0.39, 0.29) is 0 Å². The van der Waals surface area contributed by atoms with Crippen LogP contribution < -0.4 is 5.32 Å². The number of nitrogens with one attached hydrogen (secondary N) is 1. The molecule has 2 N–H and O–H groups in total. The molecule has 3 nitrogen and oxygen atoms in total. The lowest BCUT2D eigenvalue weighted by Gasteiger charge is -2.39. The lowest BCUT2D eigenvalue weighted by Crippen LogP contribution is -2.47. The molecule has 0 amide bonds. The third-order valence-electron chi connectivity index (χ3n) is 3.70. The van der Waals surface area contributed by atoms with Gasteiger partial charge >= 0.3 is 0 Å². The Morgan fingerprint density at radius 3 is 2.18 bits per heavy atom. The largest absolute Gasteiger partial charge is 0.389 e. The Labute approximate surface area is 107 Å². The number of hydrogen-bond donors (Lipinski definition) is 2. The molecule has 0 saturated heterocycles.